The number of aryl methyl sites for hydroxylation is 1. The van der Waals surface area contributed by atoms with Gasteiger partial charge in [-0.25, -0.2) is 19.4 Å². The molecule has 1 aliphatic carbocycles. The van der Waals surface area contributed by atoms with Crippen LogP contribution < -0.4 is 21.6 Å². The lowest BCUT2D eigenvalue weighted by molar-refractivity contribution is -0.130. The maximum atomic E-state index is 13.7. The van der Waals surface area contributed by atoms with Crippen LogP contribution in [0.3, 0.4) is 0 Å². The molecule has 1 saturated carbocycles. The lowest BCUT2D eigenvalue weighted by Gasteiger charge is -2.29. The minimum atomic E-state index is -1.10. The smallest absolute Gasteiger partial charge is 0.407 e. The quantitative estimate of drug-likeness (QED) is 0.137. The highest BCUT2D eigenvalue weighted by Gasteiger charge is 2.30. The van der Waals surface area contributed by atoms with Crippen LogP contribution in [0.5, 0.6) is 0 Å². The predicted octanol–water partition coefficient (Wildman–Crippen LogP) is 4.92. The van der Waals surface area contributed by atoms with Crippen molar-refractivity contribution in [2.45, 2.75) is 71.4 Å². The summed E-state index contributed by atoms with van der Waals surface area (Å²) in [7, 11) is 0. The number of nitrogens with one attached hydrogen (secondary N) is 5. The van der Waals surface area contributed by atoms with Crippen molar-refractivity contribution in [3.63, 3.8) is 0 Å². The molecule has 0 saturated heterocycles. The fourth-order valence-corrected chi connectivity index (χ4v) is 6.05. The Bertz CT molecular complexity index is 1900. The maximum absolute atomic E-state index is 13.7. The molecule has 1 fully saturated rings. The van der Waals surface area contributed by atoms with Crippen LogP contribution in [0, 0.1) is 18.8 Å². The first kappa shape index (κ1) is 34.9. The first-order valence-electron chi connectivity index (χ1n) is 16.3. The Morgan fingerprint density at radius 1 is 0.959 bits per heavy atom. The zero-order valence-electron chi connectivity index (χ0n) is 28.0. The van der Waals surface area contributed by atoms with Crippen LogP contribution in [-0.2, 0) is 20.7 Å². The van der Waals surface area contributed by atoms with Gasteiger partial charge >= 0.3 is 17.8 Å². The maximum Gasteiger partial charge on any atom is 0.407 e. The lowest BCUT2D eigenvalue weighted by Crippen LogP contribution is -2.48. The van der Waals surface area contributed by atoms with Gasteiger partial charge in [-0.05, 0) is 94.7 Å². The van der Waals surface area contributed by atoms with Crippen molar-refractivity contribution in [2.24, 2.45) is 11.8 Å². The summed E-state index contributed by atoms with van der Waals surface area (Å²) in [6.45, 7) is 7.65. The Morgan fingerprint density at radius 2 is 1.65 bits per heavy atom. The number of aromatic amines is 2. The van der Waals surface area contributed by atoms with Crippen LogP contribution in [0.15, 0.2) is 59.4 Å². The number of benzene rings is 2. The van der Waals surface area contributed by atoms with Gasteiger partial charge in [-0.15, -0.1) is 0 Å². The van der Waals surface area contributed by atoms with Crippen molar-refractivity contribution in [1.82, 2.24) is 25.6 Å². The summed E-state index contributed by atoms with van der Waals surface area (Å²) in [6, 6.07) is 14.8. The molecule has 2 heterocycles. The number of ether oxygens (including phenoxy) is 1. The van der Waals surface area contributed by atoms with Gasteiger partial charge in [-0.1, -0.05) is 30.3 Å². The summed E-state index contributed by atoms with van der Waals surface area (Å²) < 4.78 is 5.32. The number of carbonyl (C=O) groups excluding carboxylic acids is 3. The third kappa shape index (κ3) is 9.34. The summed E-state index contributed by atoms with van der Waals surface area (Å²) in [4.78, 5) is 71.8. The van der Waals surface area contributed by atoms with E-state index in [0.717, 1.165) is 29.5 Å². The van der Waals surface area contributed by atoms with Crippen molar-refractivity contribution in [3.05, 3.63) is 82.0 Å². The average molecular weight is 671 g/mol. The average Bonchev–Trinajstić information content (AvgIpc) is 3.42. The molecule has 2 aromatic carbocycles. The van der Waals surface area contributed by atoms with Gasteiger partial charge in [-0.2, -0.15) is 0 Å². The van der Waals surface area contributed by atoms with Gasteiger partial charge in [0.2, 0.25) is 11.8 Å². The molecule has 1 atom stereocenters. The standard InChI is InChI=1S/C36H42N6O7/c1-20-26(14-16-28(38-20)33(45)46)23-9-5-21(6-10-23)17-30(32(44)39-25-13-15-27-29(18-25)42-34(47)41-27)40-31(43)24-11-7-22(8-12-24)19-37-35(48)49-36(2,3)4/h5-6,9-10,13-16,18,22,24,30H,7-8,11-12,17,19H2,1-4H3,(H,37,48)(H,39,44)(H,40,43)(H,45,46)(H2,41,42,47)/t22?,24?,30-/m0/s1. The molecule has 49 heavy (non-hydrogen) atoms. The molecule has 0 unspecified atom stereocenters. The Labute approximate surface area is 283 Å². The number of H-pyrrole nitrogens is 2. The molecule has 0 radical (unpaired) electrons. The van der Waals surface area contributed by atoms with Crippen molar-refractivity contribution in [2.75, 3.05) is 11.9 Å². The highest BCUT2D eigenvalue weighted by atomic mass is 16.6. The number of carboxylic acids is 1. The molecule has 13 nitrogen and oxygen atoms in total. The van der Waals surface area contributed by atoms with Gasteiger partial charge in [-0.3, -0.25) is 9.59 Å². The fourth-order valence-electron chi connectivity index (χ4n) is 6.05. The number of nitrogens with zero attached hydrogens (tertiary/aromatic N) is 1. The number of amides is 3. The third-order valence-corrected chi connectivity index (χ3v) is 8.58. The number of hydrogen-bond acceptors (Lipinski definition) is 7. The van der Waals surface area contributed by atoms with Gasteiger partial charge in [0.05, 0.1) is 11.0 Å². The van der Waals surface area contributed by atoms with E-state index in [1.165, 1.54) is 6.07 Å². The Morgan fingerprint density at radius 3 is 2.31 bits per heavy atom. The molecule has 5 rings (SSSR count). The van der Waals surface area contributed by atoms with Crippen LogP contribution in [0.2, 0.25) is 0 Å². The van der Waals surface area contributed by atoms with E-state index in [9.17, 15) is 29.1 Å². The van der Waals surface area contributed by atoms with Crippen molar-refractivity contribution in [3.8, 4) is 11.1 Å². The molecular formula is C36H42N6O7. The number of pyridine rings is 1. The van der Waals surface area contributed by atoms with Crippen LogP contribution >= 0.6 is 0 Å². The summed E-state index contributed by atoms with van der Waals surface area (Å²) >= 11 is 0. The number of imidazole rings is 1. The molecule has 258 valence electrons. The van der Waals surface area contributed by atoms with E-state index >= 15 is 0 Å². The number of rotatable bonds is 10. The second kappa shape index (κ2) is 14.8. The normalized spacial score (nSPS) is 16.8. The number of aromatic nitrogens is 3. The van der Waals surface area contributed by atoms with E-state index in [1.54, 1.807) is 31.2 Å². The van der Waals surface area contributed by atoms with Crippen molar-refractivity contribution < 1.29 is 29.0 Å². The van der Waals surface area contributed by atoms with Crippen molar-refractivity contribution >= 4 is 40.6 Å². The number of alkyl carbamates (subject to hydrolysis) is 1. The third-order valence-electron chi connectivity index (χ3n) is 8.58. The molecular weight excluding hydrogens is 628 g/mol. The first-order valence-corrected chi connectivity index (χ1v) is 16.3. The van der Waals surface area contributed by atoms with Crippen LogP contribution in [-0.4, -0.2) is 62.1 Å². The molecule has 13 heteroatoms. The minimum Gasteiger partial charge on any atom is -0.477 e. The largest absolute Gasteiger partial charge is 0.477 e. The minimum absolute atomic E-state index is 0.0320. The molecule has 0 spiro atoms. The Balaban J connectivity index is 1.26. The molecule has 6 N–H and O–H groups in total. The van der Waals surface area contributed by atoms with Crippen molar-refractivity contribution in [1.29, 1.82) is 0 Å². The summed E-state index contributed by atoms with van der Waals surface area (Å²) in [5, 5.41) is 17.9. The number of fused-ring (bicyclic) bond motifs is 1. The van der Waals surface area contributed by atoms with E-state index in [1.807, 2.05) is 45.0 Å². The molecule has 2 aromatic heterocycles. The first-order chi connectivity index (χ1) is 23.2. The van der Waals surface area contributed by atoms with Gasteiger partial charge in [0.25, 0.3) is 0 Å². The number of aromatic carboxylic acids is 1. The number of anilines is 1. The number of carboxylic acid groups (broad SMARTS) is 1. The molecule has 0 aliphatic heterocycles. The summed E-state index contributed by atoms with van der Waals surface area (Å²) in [6.07, 6.45) is 2.51. The SMILES string of the molecule is Cc1nc(C(=O)O)ccc1-c1ccc(C[C@H](NC(=O)C2CCC(CNC(=O)OC(C)(C)C)CC2)C(=O)Nc2ccc3[nH]c(=O)[nH]c3c2)cc1. The molecule has 1 aliphatic rings. The van der Waals surface area contributed by atoms with E-state index in [2.05, 4.69) is 30.9 Å². The van der Waals surface area contributed by atoms with Gasteiger partial charge in [0, 0.05) is 35.8 Å². The second-order valence-electron chi connectivity index (χ2n) is 13.5. The van der Waals surface area contributed by atoms with Gasteiger partial charge in [0.1, 0.15) is 17.3 Å². The van der Waals surface area contributed by atoms with Gasteiger partial charge < -0.3 is 35.8 Å². The van der Waals surface area contributed by atoms with E-state index in [-0.39, 0.29) is 35.5 Å². The summed E-state index contributed by atoms with van der Waals surface area (Å²) in [5.41, 5.74) is 3.65. The monoisotopic (exact) mass is 670 g/mol. The highest BCUT2D eigenvalue weighted by molar-refractivity contribution is 5.98. The molecule has 4 aromatic rings. The summed E-state index contributed by atoms with van der Waals surface area (Å²) in [5.74, 6) is -1.76. The predicted molar refractivity (Wildman–Crippen MR) is 184 cm³/mol. The fraction of sp³-hybridized carbons (Fsp3) is 0.389. The van der Waals surface area contributed by atoms with Crippen LogP contribution in [0.4, 0.5) is 10.5 Å². The molecule has 0 bridgehead atoms. The van der Waals surface area contributed by atoms with E-state index in [0.29, 0.717) is 41.8 Å². The second-order valence-corrected chi connectivity index (χ2v) is 13.5. The highest BCUT2D eigenvalue weighted by Crippen LogP contribution is 2.29. The Hall–Kier alpha value is -5.46. The van der Waals surface area contributed by atoms with E-state index < -0.39 is 29.6 Å². The van der Waals surface area contributed by atoms with Gasteiger partial charge in [0.15, 0.2) is 0 Å². The zero-order valence-corrected chi connectivity index (χ0v) is 28.0. The molecule has 3 amide bonds. The number of carbonyl (C=O) groups is 4. The number of hydrogen-bond donors (Lipinski definition) is 6. The van der Waals surface area contributed by atoms with Crippen LogP contribution in [0.25, 0.3) is 22.2 Å². The Kier molecular flexibility index (Phi) is 10.5. The zero-order chi connectivity index (χ0) is 35.3. The van der Waals surface area contributed by atoms with E-state index in [4.69, 9.17) is 4.74 Å². The topological polar surface area (TPSA) is 195 Å². The van der Waals surface area contributed by atoms with Crippen LogP contribution in [0.1, 0.15) is 68.2 Å². The lowest BCUT2D eigenvalue weighted by atomic mass is 9.81.